The zero-order chi connectivity index (χ0) is 19.7. The standard InChI is InChI=1S/C21H22N4O3/c1-3-15(20(26)22-13-14-8-6-5-7-9-14)25-21(27)17-12-18-16(10-11-28-18)24(17)19(4-2)23-25/h5-12,15H,3-4,13H2,1-2H3,(H,22,26)/t15-/m1/s1. The molecular weight excluding hydrogens is 356 g/mol. The Balaban J connectivity index is 1.72. The molecule has 0 unspecified atom stereocenters. The largest absolute Gasteiger partial charge is 0.463 e. The van der Waals surface area contributed by atoms with Crippen molar-refractivity contribution in [2.75, 3.05) is 0 Å². The third kappa shape index (κ3) is 2.98. The molecule has 1 atom stereocenters. The molecular formula is C21H22N4O3. The third-order valence-corrected chi connectivity index (χ3v) is 4.94. The number of nitrogens with one attached hydrogen (secondary N) is 1. The number of amides is 1. The summed E-state index contributed by atoms with van der Waals surface area (Å²) in [5.74, 6) is 0.489. The summed E-state index contributed by atoms with van der Waals surface area (Å²) in [6.07, 6.45) is 2.67. The van der Waals surface area contributed by atoms with Crippen LogP contribution in [0.3, 0.4) is 0 Å². The Bertz CT molecular complexity index is 1190. The van der Waals surface area contributed by atoms with Crippen LogP contribution in [0, 0.1) is 0 Å². The molecule has 0 spiro atoms. The van der Waals surface area contributed by atoms with E-state index < -0.39 is 6.04 Å². The molecule has 4 rings (SSSR count). The summed E-state index contributed by atoms with van der Waals surface area (Å²) < 4.78 is 8.57. The van der Waals surface area contributed by atoms with E-state index in [2.05, 4.69) is 10.4 Å². The first kappa shape index (κ1) is 18.0. The molecule has 3 heterocycles. The highest BCUT2D eigenvalue weighted by Crippen LogP contribution is 2.21. The number of aromatic nitrogens is 3. The summed E-state index contributed by atoms with van der Waals surface area (Å²) in [6, 6.07) is 12.5. The summed E-state index contributed by atoms with van der Waals surface area (Å²) in [4.78, 5) is 25.9. The Morgan fingerprint density at radius 2 is 1.96 bits per heavy atom. The second kappa shape index (κ2) is 7.34. The molecule has 7 heteroatoms. The van der Waals surface area contributed by atoms with E-state index >= 15 is 0 Å². The van der Waals surface area contributed by atoms with E-state index in [9.17, 15) is 9.59 Å². The molecule has 3 aromatic heterocycles. The van der Waals surface area contributed by atoms with Gasteiger partial charge in [0.1, 0.15) is 17.4 Å². The topological polar surface area (TPSA) is 81.5 Å². The monoisotopic (exact) mass is 378 g/mol. The SMILES string of the molecule is CCc1nn([C@H](CC)C(=O)NCc2ccccc2)c(=O)c2cc3occc3n12. The molecule has 0 saturated heterocycles. The van der Waals surface area contributed by atoms with E-state index in [1.165, 1.54) is 4.68 Å². The van der Waals surface area contributed by atoms with Crippen molar-refractivity contribution in [3.63, 3.8) is 0 Å². The zero-order valence-corrected chi connectivity index (χ0v) is 15.9. The van der Waals surface area contributed by atoms with Crippen molar-refractivity contribution < 1.29 is 9.21 Å². The maximum absolute atomic E-state index is 13.1. The predicted molar refractivity (Wildman–Crippen MR) is 106 cm³/mol. The lowest BCUT2D eigenvalue weighted by Gasteiger charge is -2.18. The highest BCUT2D eigenvalue weighted by molar-refractivity contribution is 5.83. The van der Waals surface area contributed by atoms with Gasteiger partial charge >= 0.3 is 0 Å². The lowest BCUT2D eigenvalue weighted by atomic mass is 10.2. The molecule has 0 bridgehead atoms. The maximum atomic E-state index is 13.1. The van der Waals surface area contributed by atoms with Gasteiger partial charge in [-0.25, -0.2) is 4.68 Å². The average molecular weight is 378 g/mol. The van der Waals surface area contributed by atoms with Gasteiger partial charge in [0.05, 0.1) is 11.8 Å². The Hall–Kier alpha value is -3.35. The Morgan fingerprint density at radius 1 is 1.18 bits per heavy atom. The van der Waals surface area contributed by atoms with Crippen molar-refractivity contribution in [2.24, 2.45) is 0 Å². The lowest BCUT2D eigenvalue weighted by Crippen LogP contribution is -2.39. The highest BCUT2D eigenvalue weighted by Gasteiger charge is 2.24. The fraction of sp³-hybridized carbons (Fsp3) is 0.286. The van der Waals surface area contributed by atoms with Gasteiger partial charge in [-0.3, -0.25) is 14.0 Å². The van der Waals surface area contributed by atoms with Crippen LogP contribution in [-0.4, -0.2) is 20.1 Å². The molecule has 0 saturated carbocycles. The van der Waals surface area contributed by atoms with Crippen LogP contribution in [0.4, 0.5) is 0 Å². The fourth-order valence-electron chi connectivity index (χ4n) is 3.51. The van der Waals surface area contributed by atoms with E-state index in [1.807, 2.05) is 54.6 Å². The molecule has 0 radical (unpaired) electrons. The van der Waals surface area contributed by atoms with E-state index in [0.29, 0.717) is 36.3 Å². The lowest BCUT2D eigenvalue weighted by molar-refractivity contribution is -0.125. The summed E-state index contributed by atoms with van der Waals surface area (Å²) in [7, 11) is 0. The van der Waals surface area contributed by atoms with Gasteiger partial charge in [0, 0.05) is 25.1 Å². The smallest absolute Gasteiger partial charge is 0.291 e. The minimum atomic E-state index is -0.673. The molecule has 0 aliphatic carbocycles. The number of nitrogens with zero attached hydrogens (tertiary/aromatic N) is 3. The quantitative estimate of drug-likeness (QED) is 0.559. The Morgan fingerprint density at radius 3 is 2.68 bits per heavy atom. The Kier molecular flexibility index (Phi) is 4.73. The van der Waals surface area contributed by atoms with Crippen LogP contribution in [-0.2, 0) is 17.8 Å². The van der Waals surface area contributed by atoms with Gasteiger partial charge in [0.25, 0.3) is 5.56 Å². The van der Waals surface area contributed by atoms with Crippen molar-refractivity contribution in [2.45, 2.75) is 39.3 Å². The molecule has 28 heavy (non-hydrogen) atoms. The average Bonchev–Trinajstić information content (AvgIpc) is 3.31. The van der Waals surface area contributed by atoms with Gasteiger partial charge < -0.3 is 9.73 Å². The number of benzene rings is 1. The number of carbonyl (C=O) groups excluding carboxylic acids is 1. The molecule has 1 N–H and O–H groups in total. The van der Waals surface area contributed by atoms with Crippen LogP contribution < -0.4 is 10.9 Å². The zero-order valence-electron chi connectivity index (χ0n) is 15.9. The second-order valence-corrected chi connectivity index (χ2v) is 6.68. The highest BCUT2D eigenvalue weighted by atomic mass is 16.3. The first-order valence-electron chi connectivity index (χ1n) is 9.46. The predicted octanol–water partition coefficient (Wildman–Crippen LogP) is 3.07. The maximum Gasteiger partial charge on any atom is 0.291 e. The van der Waals surface area contributed by atoms with Crippen LogP contribution in [0.25, 0.3) is 16.6 Å². The fourth-order valence-corrected chi connectivity index (χ4v) is 3.51. The van der Waals surface area contributed by atoms with Crippen molar-refractivity contribution in [3.8, 4) is 0 Å². The normalized spacial score (nSPS) is 12.5. The van der Waals surface area contributed by atoms with Crippen LogP contribution >= 0.6 is 0 Å². The van der Waals surface area contributed by atoms with E-state index in [4.69, 9.17) is 4.42 Å². The summed E-state index contributed by atoms with van der Waals surface area (Å²) >= 11 is 0. The summed E-state index contributed by atoms with van der Waals surface area (Å²) in [5, 5.41) is 7.45. The molecule has 1 aromatic carbocycles. The van der Waals surface area contributed by atoms with Crippen LogP contribution in [0.1, 0.15) is 37.7 Å². The third-order valence-electron chi connectivity index (χ3n) is 4.94. The van der Waals surface area contributed by atoms with Crippen LogP contribution in [0.15, 0.2) is 57.9 Å². The summed E-state index contributed by atoms with van der Waals surface area (Å²) in [5.41, 5.74) is 2.61. The first-order chi connectivity index (χ1) is 13.6. The van der Waals surface area contributed by atoms with Gasteiger partial charge in [-0.2, -0.15) is 5.10 Å². The molecule has 7 nitrogen and oxygen atoms in total. The summed E-state index contributed by atoms with van der Waals surface area (Å²) in [6.45, 7) is 4.26. The minimum Gasteiger partial charge on any atom is -0.463 e. The first-order valence-corrected chi connectivity index (χ1v) is 9.46. The van der Waals surface area contributed by atoms with Crippen molar-refractivity contribution in [3.05, 3.63) is 70.5 Å². The van der Waals surface area contributed by atoms with Gasteiger partial charge in [-0.15, -0.1) is 0 Å². The number of rotatable bonds is 6. The number of hydrogen-bond donors (Lipinski definition) is 1. The number of carbonyl (C=O) groups is 1. The molecule has 0 aliphatic heterocycles. The van der Waals surface area contributed by atoms with Crippen LogP contribution in [0.2, 0.25) is 0 Å². The molecule has 0 fully saturated rings. The molecule has 0 aliphatic rings. The van der Waals surface area contributed by atoms with Gasteiger partial charge in [0.2, 0.25) is 5.91 Å². The van der Waals surface area contributed by atoms with Crippen LogP contribution in [0.5, 0.6) is 0 Å². The second-order valence-electron chi connectivity index (χ2n) is 6.68. The van der Waals surface area contributed by atoms with E-state index in [-0.39, 0.29) is 11.5 Å². The molecule has 1 amide bonds. The number of furan rings is 1. The van der Waals surface area contributed by atoms with E-state index in [1.54, 1.807) is 12.3 Å². The number of aryl methyl sites for hydroxylation is 1. The molecule has 144 valence electrons. The minimum absolute atomic E-state index is 0.220. The van der Waals surface area contributed by atoms with Gasteiger partial charge in [-0.05, 0) is 12.0 Å². The Labute approximate surface area is 161 Å². The van der Waals surface area contributed by atoms with E-state index in [0.717, 1.165) is 11.1 Å². The number of hydrogen-bond acceptors (Lipinski definition) is 4. The van der Waals surface area contributed by atoms with Gasteiger partial charge in [0.15, 0.2) is 5.58 Å². The van der Waals surface area contributed by atoms with Crippen molar-refractivity contribution in [1.29, 1.82) is 0 Å². The van der Waals surface area contributed by atoms with Crippen molar-refractivity contribution in [1.82, 2.24) is 19.5 Å². The van der Waals surface area contributed by atoms with Gasteiger partial charge in [-0.1, -0.05) is 44.2 Å². The molecule has 4 aromatic rings. The number of fused-ring (bicyclic) bond motifs is 3. The van der Waals surface area contributed by atoms with Crippen molar-refractivity contribution >= 4 is 22.5 Å².